The molecule has 0 aromatic carbocycles. The average molecular weight is 244 g/mol. The van der Waals surface area contributed by atoms with Gasteiger partial charge in [0, 0.05) is 5.41 Å². The van der Waals surface area contributed by atoms with Crippen molar-refractivity contribution in [3.63, 3.8) is 0 Å². The molecule has 2 rings (SSSR count). The Bertz CT molecular complexity index is 475. The first kappa shape index (κ1) is 12.9. The molecule has 1 heterocycles. The summed E-state index contributed by atoms with van der Waals surface area (Å²) in [6.07, 6.45) is 7.43. The third-order valence-electron chi connectivity index (χ3n) is 4.45. The van der Waals surface area contributed by atoms with Gasteiger partial charge in [-0.1, -0.05) is 39.7 Å². The van der Waals surface area contributed by atoms with Crippen LogP contribution in [0.4, 0.5) is 0 Å². The molecule has 0 saturated carbocycles. The van der Waals surface area contributed by atoms with Crippen molar-refractivity contribution in [2.75, 3.05) is 0 Å². The largest absolute Gasteiger partial charge is 0.386 e. The molecule has 94 valence electrons. The molecule has 0 unspecified atom stereocenters. The lowest BCUT2D eigenvalue weighted by Gasteiger charge is -2.39. The topological polar surface area (TPSA) is 43.4 Å². The van der Waals surface area contributed by atoms with Crippen LogP contribution >= 0.6 is 0 Å². The van der Waals surface area contributed by atoms with Crippen LogP contribution < -0.4 is 0 Å². The van der Waals surface area contributed by atoms with Gasteiger partial charge in [0.15, 0.2) is 0 Å². The molecule has 1 aliphatic heterocycles. The van der Waals surface area contributed by atoms with Crippen molar-refractivity contribution in [3.8, 4) is 0 Å². The monoisotopic (exact) mass is 244 g/mol. The SMILES string of the molecule is CBC(C)(C)C1(C)C=CC2=C(C=C1)C(=O)OC2=O. The van der Waals surface area contributed by atoms with E-state index in [4.69, 9.17) is 0 Å². The minimum Gasteiger partial charge on any atom is -0.386 e. The second-order valence-electron chi connectivity index (χ2n) is 5.69. The fourth-order valence-electron chi connectivity index (χ4n) is 2.13. The maximum Gasteiger partial charge on any atom is 0.346 e. The van der Waals surface area contributed by atoms with Crippen LogP contribution in [-0.2, 0) is 14.3 Å². The molecular formula is C14H17BO3. The van der Waals surface area contributed by atoms with Gasteiger partial charge >= 0.3 is 11.9 Å². The summed E-state index contributed by atoms with van der Waals surface area (Å²) in [5.41, 5.74) is 0.547. The van der Waals surface area contributed by atoms with Crippen LogP contribution in [0.1, 0.15) is 20.8 Å². The van der Waals surface area contributed by atoms with Crippen LogP contribution in [0.5, 0.6) is 0 Å². The molecule has 0 radical (unpaired) electrons. The Balaban J connectivity index is 2.45. The summed E-state index contributed by atoms with van der Waals surface area (Å²) in [5.74, 6) is -1.09. The smallest absolute Gasteiger partial charge is 0.346 e. The van der Waals surface area contributed by atoms with E-state index in [-0.39, 0.29) is 10.7 Å². The van der Waals surface area contributed by atoms with Crippen molar-refractivity contribution in [2.24, 2.45) is 5.41 Å². The highest BCUT2D eigenvalue weighted by Gasteiger charge is 2.39. The Morgan fingerprint density at radius 1 is 1.11 bits per heavy atom. The number of allylic oxidation sites excluding steroid dienone is 2. The molecule has 18 heavy (non-hydrogen) atoms. The first-order chi connectivity index (χ1) is 8.31. The number of carbonyl (C=O) groups is 2. The summed E-state index contributed by atoms with van der Waals surface area (Å²) in [6.45, 7) is 8.61. The first-order valence-electron chi connectivity index (χ1n) is 6.20. The maximum atomic E-state index is 11.5. The molecule has 0 bridgehead atoms. The van der Waals surface area contributed by atoms with Crippen molar-refractivity contribution in [3.05, 3.63) is 35.5 Å². The maximum absolute atomic E-state index is 11.5. The number of cyclic esters (lactones) is 2. The predicted octanol–water partition coefficient (Wildman–Crippen LogP) is 2.18. The van der Waals surface area contributed by atoms with Gasteiger partial charge in [-0.3, -0.25) is 0 Å². The first-order valence-corrected chi connectivity index (χ1v) is 6.20. The van der Waals surface area contributed by atoms with E-state index in [0.717, 1.165) is 7.28 Å². The standard InChI is InChI=1S/C14H17BO3/c1-13(2,15-4)14(3)7-5-9-10(6-8-14)12(17)18-11(9)16/h5-8,15H,1-4H3. The van der Waals surface area contributed by atoms with E-state index in [1.807, 2.05) is 12.2 Å². The second-order valence-corrected chi connectivity index (χ2v) is 5.69. The summed E-state index contributed by atoms with van der Waals surface area (Å²) in [5, 5.41) is 0.0483. The molecule has 0 amide bonds. The van der Waals surface area contributed by atoms with Gasteiger partial charge in [0.2, 0.25) is 0 Å². The number of carbonyl (C=O) groups excluding carboxylic acids is 2. The summed E-state index contributed by atoms with van der Waals surface area (Å²) < 4.78 is 4.59. The number of hydrogen-bond donors (Lipinski definition) is 0. The lowest BCUT2D eigenvalue weighted by atomic mass is 9.45. The van der Waals surface area contributed by atoms with Gasteiger partial charge in [0.25, 0.3) is 0 Å². The Hall–Kier alpha value is -1.58. The Morgan fingerprint density at radius 2 is 1.56 bits per heavy atom. The van der Waals surface area contributed by atoms with Gasteiger partial charge in [-0.2, -0.15) is 0 Å². The molecule has 2 aliphatic rings. The molecule has 0 saturated heterocycles. The van der Waals surface area contributed by atoms with Crippen LogP contribution in [0.15, 0.2) is 35.5 Å². The van der Waals surface area contributed by atoms with Gasteiger partial charge in [-0.05, 0) is 17.5 Å². The second kappa shape index (κ2) is 3.97. The molecule has 1 aliphatic carbocycles. The number of ether oxygens (including phenoxy) is 1. The third-order valence-corrected chi connectivity index (χ3v) is 4.45. The zero-order valence-electron chi connectivity index (χ0n) is 11.2. The number of esters is 2. The Morgan fingerprint density at radius 3 is 1.94 bits per heavy atom. The van der Waals surface area contributed by atoms with Crippen molar-refractivity contribution >= 4 is 19.2 Å². The van der Waals surface area contributed by atoms with Gasteiger partial charge in [0.05, 0.1) is 11.1 Å². The van der Waals surface area contributed by atoms with Crippen LogP contribution in [0.2, 0.25) is 12.1 Å². The molecule has 0 atom stereocenters. The van der Waals surface area contributed by atoms with E-state index < -0.39 is 11.9 Å². The molecule has 3 nitrogen and oxygen atoms in total. The lowest BCUT2D eigenvalue weighted by molar-refractivity contribution is -0.150. The van der Waals surface area contributed by atoms with Crippen molar-refractivity contribution in [1.82, 2.24) is 0 Å². The molecule has 0 fully saturated rings. The highest BCUT2D eigenvalue weighted by Crippen LogP contribution is 2.48. The van der Waals surface area contributed by atoms with E-state index in [2.05, 4.69) is 32.3 Å². The Labute approximate surface area is 108 Å². The normalized spacial score (nSPS) is 21.8. The number of hydrogen-bond acceptors (Lipinski definition) is 3. The fourth-order valence-corrected chi connectivity index (χ4v) is 2.13. The van der Waals surface area contributed by atoms with E-state index in [9.17, 15) is 9.59 Å². The van der Waals surface area contributed by atoms with Crippen LogP contribution in [0.25, 0.3) is 0 Å². The summed E-state index contributed by atoms with van der Waals surface area (Å²) >= 11 is 0. The van der Waals surface area contributed by atoms with Gasteiger partial charge in [-0.15, -0.1) is 0 Å². The van der Waals surface area contributed by atoms with E-state index in [0.29, 0.717) is 11.1 Å². The van der Waals surface area contributed by atoms with Crippen LogP contribution in [-0.4, -0.2) is 19.2 Å². The van der Waals surface area contributed by atoms with Crippen molar-refractivity contribution in [1.29, 1.82) is 0 Å². The molecule has 0 aromatic rings. The summed E-state index contributed by atoms with van der Waals surface area (Å²) in [4.78, 5) is 23.0. The lowest BCUT2D eigenvalue weighted by Crippen LogP contribution is -2.29. The summed E-state index contributed by atoms with van der Waals surface area (Å²) in [6, 6.07) is 0. The third kappa shape index (κ3) is 1.76. The molecule has 0 aromatic heterocycles. The number of rotatable bonds is 2. The van der Waals surface area contributed by atoms with E-state index in [1.54, 1.807) is 12.2 Å². The molecule has 4 heteroatoms. The highest BCUT2D eigenvalue weighted by molar-refractivity contribution is 6.38. The Kier molecular flexibility index (Phi) is 2.84. The minimum absolute atomic E-state index is 0.0483. The zero-order chi connectivity index (χ0) is 13.6. The molecule has 0 N–H and O–H groups in total. The van der Waals surface area contributed by atoms with Crippen LogP contribution in [0.3, 0.4) is 0 Å². The predicted molar refractivity (Wildman–Crippen MR) is 71.6 cm³/mol. The van der Waals surface area contributed by atoms with Gasteiger partial charge in [0.1, 0.15) is 7.28 Å². The average Bonchev–Trinajstić information content (AvgIpc) is 2.49. The van der Waals surface area contributed by atoms with Crippen molar-refractivity contribution in [2.45, 2.75) is 32.9 Å². The minimum atomic E-state index is -0.547. The molecule has 0 spiro atoms. The zero-order valence-corrected chi connectivity index (χ0v) is 11.2. The molecular weight excluding hydrogens is 227 g/mol. The van der Waals surface area contributed by atoms with Crippen molar-refractivity contribution < 1.29 is 14.3 Å². The van der Waals surface area contributed by atoms with Crippen LogP contribution in [0, 0.1) is 5.41 Å². The van der Waals surface area contributed by atoms with E-state index in [1.165, 1.54) is 0 Å². The fraction of sp³-hybridized carbons (Fsp3) is 0.429. The summed E-state index contributed by atoms with van der Waals surface area (Å²) in [7, 11) is 1.00. The van der Waals surface area contributed by atoms with Gasteiger partial charge in [-0.25, -0.2) is 9.59 Å². The van der Waals surface area contributed by atoms with E-state index >= 15 is 0 Å². The highest BCUT2D eigenvalue weighted by atomic mass is 16.6. The quantitative estimate of drug-likeness (QED) is 0.424. The van der Waals surface area contributed by atoms with Gasteiger partial charge < -0.3 is 4.74 Å².